The van der Waals surface area contributed by atoms with Crippen molar-refractivity contribution in [3.05, 3.63) is 17.6 Å². The fourth-order valence-corrected chi connectivity index (χ4v) is 2.27. The summed E-state index contributed by atoms with van der Waals surface area (Å²) in [6.07, 6.45) is 9.05. The van der Waals surface area contributed by atoms with Crippen molar-refractivity contribution in [2.75, 3.05) is 11.9 Å². The Morgan fingerprint density at radius 1 is 1.24 bits per heavy atom. The molecule has 1 unspecified atom stereocenters. The van der Waals surface area contributed by atoms with E-state index in [9.17, 15) is 0 Å². The van der Waals surface area contributed by atoms with E-state index in [1.807, 2.05) is 0 Å². The Balaban J connectivity index is 2.11. The predicted octanol–water partition coefficient (Wildman–Crippen LogP) is 3.20. The van der Waals surface area contributed by atoms with Gasteiger partial charge in [0, 0.05) is 17.8 Å². The molecule has 0 bridgehead atoms. The fourth-order valence-electron chi connectivity index (χ4n) is 2.27. The molecule has 17 heavy (non-hydrogen) atoms. The van der Waals surface area contributed by atoms with Crippen LogP contribution in [0.4, 0.5) is 5.82 Å². The Kier molecular flexibility index (Phi) is 4.35. The molecule has 1 aliphatic rings. The van der Waals surface area contributed by atoms with Crippen LogP contribution in [-0.2, 0) is 12.8 Å². The average molecular weight is 233 g/mol. The molecule has 0 radical (unpaired) electrons. The Labute approximate surface area is 104 Å². The molecule has 1 heterocycles. The van der Waals surface area contributed by atoms with Gasteiger partial charge in [0.05, 0.1) is 0 Å². The largest absolute Gasteiger partial charge is 0.369 e. The molecule has 0 spiro atoms. The van der Waals surface area contributed by atoms with Crippen LogP contribution in [0.5, 0.6) is 0 Å². The third kappa shape index (κ3) is 3.18. The van der Waals surface area contributed by atoms with E-state index in [1.165, 1.54) is 36.9 Å². The molecule has 0 aliphatic heterocycles. The Morgan fingerprint density at radius 3 is 2.88 bits per heavy atom. The van der Waals surface area contributed by atoms with Gasteiger partial charge in [-0.05, 0) is 31.6 Å². The quantitative estimate of drug-likeness (QED) is 0.811. The van der Waals surface area contributed by atoms with Crippen LogP contribution in [0.25, 0.3) is 0 Å². The van der Waals surface area contributed by atoms with Crippen LogP contribution in [0.1, 0.15) is 50.8 Å². The smallest absolute Gasteiger partial charge is 0.132 e. The average Bonchev–Trinajstić information content (AvgIpc) is 2.61. The van der Waals surface area contributed by atoms with Crippen molar-refractivity contribution in [1.29, 1.82) is 0 Å². The number of aryl methyl sites for hydroxylation is 1. The topological polar surface area (TPSA) is 37.8 Å². The molecular weight excluding hydrogens is 210 g/mol. The normalized spacial score (nSPS) is 17.1. The van der Waals surface area contributed by atoms with E-state index in [1.54, 1.807) is 6.33 Å². The minimum Gasteiger partial charge on any atom is -0.369 e. The zero-order chi connectivity index (χ0) is 12.1. The molecule has 1 atom stereocenters. The van der Waals surface area contributed by atoms with E-state index in [0.29, 0.717) is 5.92 Å². The van der Waals surface area contributed by atoms with Crippen molar-refractivity contribution < 1.29 is 0 Å². The van der Waals surface area contributed by atoms with Crippen LogP contribution in [-0.4, -0.2) is 16.5 Å². The molecule has 1 aromatic heterocycles. The van der Waals surface area contributed by atoms with Gasteiger partial charge in [-0.15, -0.1) is 0 Å². The van der Waals surface area contributed by atoms with Crippen molar-refractivity contribution in [3.8, 4) is 0 Å². The maximum absolute atomic E-state index is 4.44. The molecule has 0 aromatic carbocycles. The van der Waals surface area contributed by atoms with Crippen molar-refractivity contribution in [2.24, 2.45) is 5.92 Å². The first-order chi connectivity index (χ1) is 8.31. The molecule has 0 saturated heterocycles. The molecule has 1 aliphatic carbocycles. The van der Waals surface area contributed by atoms with Crippen LogP contribution in [0.3, 0.4) is 0 Å². The monoisotopic (exact) mass is 233 g/mol. The lowest BCUT2D eigenvalue weighted by atomic mass is 10.1. The second-order valence-electron chi connectivity index (χ2n) is 5.10. The lowest BCUT2D eigenvalue weighted by Gasteiger charge is -2.14. The molecule has 3 heteroatoms. The van der Waals surface area contributed by atoms with Gasteiger partial charge in [-0.2, -0.15) is 0 Å². The van der Waals surface area contributed by atoms with E-state index in [0.717, 1.165) is 25.2 Å². The van der Waals surface area contributed by atoms with E-state index in [4.69, 9.17) is 0 Å². The summed E-state index contributed by atoms with van der Waals surface area (Å²) < 4.78 is 0. The van der Waals surface area contributed by atoms with Gasteiger partial charge in [-0.1, -0.05) is 26.7 Å². The van der Waals surface area contributed by atoms with Gasteiger partial charge in [-0.3, -0.25) is 0 Å². The lowest BCUT2D eigenvalue weighted by Crippen LogP contribution is -2.14. The highest BCUT2D eigenvalue weighted by molar-refractivity contribution is 5.46. The summed E-state index contributed by atoms with van der Waals surface area (Å²) in [6, 6.07) is 0. The highest BCUT2D eigenvalue weighted by atomic mass is 15.0. The van der Waals surface area contributed by atoms with Crippen LogP contribution in [0.2, 0.25) is 0 Å². The molecule has 0 saturated carbocycles. The molecule has 2 rings (SSSR count). The number of nitrogens with zero attached hydrogens (tertiary/aromatic N) is 2. The summed E-state index contributed by atoms with van der Waals surface area (Å²) >= 11 is 0. The van der Waals surface area contributed by atoms with Gasteiger partial charge in [0.2, 0.25) is 0 Å². The van der Waals surface area contributed by atoms with Gasteiger partial charge < -0.3 is 5.32 Å². The Bertz CT molecular complexity index is 362. The van der Waals surface area contributed by atoms with Crippen LogP contribution >= 0.6 is 0 Å². The Hall–Kier alpha value is -1.12. The van der Waals surface area contributed by atoms with Crippen molar-refractivity contribution in [3.63, 3.8) is 0 Å². The lowest BCUT2D eigenvalue weighted by molar-refractivity contribution is 0.591. The fraction of sp³-hybridized carbons (Fsp3) is 0.714. The number of anilines is 1. The van der Waals surface area contributed by atoms with Gasteiger partial charge in [0.1, 0.15) is 12.1 Å². The number of rotatable bonds is 4. The number of aromatic nitrogens is 2. The second kappa shape index (κ2) is 5.99. The van der Waals surface area contributed by atoms with Gasteiger partial charge in [0.25, 0.3) is 0 Å². The summed E-state index contributed by atoms with van der Waals surface area (Å²) in [6.45, 7) is 5.51. The van der Waals surface area contributed by atoms with Crippen LogP contribution in [0.15, 0.2) is 6.33 Å². The third-order valence-electron chi connectivity index (χ3n) is 3.69. The van der Waals surface area contributed by atoms with Crippen molar-refractivity contribution >= 4 is 5.82 Å². The first-order valence-electron chi connectivity index (χ1n) is 6.88. The highest BCUT2D eigenvalue weighted by Gasteiger charge is 2.14. The highest BCUT2D eigenvalue weighted by Crippen LogP contribution is 2.23. The summed E-state index contributed by atoms with van der Waals surface area (Å²) in [7, 11) is 0. The van der Waals surface area contributed by atoms with E-state index in [-0.39, 0.29) is 0 Å². The minimum atomic E-state index is 0.700. The third-order valence-corrected chi connectivity index (χ3v) is 3.69. The van der Waals surface area contributed by atoms with Crippen LogP contribution in [0, 0.1) is 5.92 Å². The van der Waals surface area contributed by atoms with E-state index in [2.05, 4.69) is 29.1 Å². The molecule has 3 nitrogen and oxygen atoms in total. The van der Waals surface area contributed by atoms with E-state index >= 15 is 0 Å². The Morgan fingerprint density at radius 2 is 2.06 bits per heavy atom. The molecule has 1 N–H and O–H groups in total. The predicted molar refractivity (Wildman–Crippen MR) is 71.2 cm³/mol. The molecule has 1 aromatic rings. The van der Waals surface area contributed by atoms with E-state index < -0.39 is 0 Å². The maximum atomic E-state index is 4.44. The first-order valence-corrected chi connectivity index (χ1v) is 6.88. The first kappa shape index (κ1) is 12.3. The summed E-state index contributed by atoms with van der Waals surface area (Å²) in [5.41, 5.74) is 2.64. The molecule has 94 valence electrons. The molecular formula is C14H23N3. The van der Waals surface area contributed by atoms with Crippen molar-refractivity contribution in [1.82, 2.24) is 9.97 Å². The second-order valence-corrected chi connectivity index (χ2v) is 5.10. The summed E-state index contributed by atoms with van der Waals surface area (Å²) in [5, 5.41) is 3.50. The SMILES string of the molecule is CCC(C)CNc1ncnc2c1CCCCC2. The van der Waals surface area contributed by atoms with Crippen LogP contribution < -0.4 is 5.32 Å². The number of nitrogens with one attached hydrogen (secondary N) is 1. The minimum absolute atomic E-state index is 0.700. The van der Waals surface area contributed by atoms with Gasteiger partial charge in [-0.25, -0.2) is 9.97 Å². The number of hydrogen-bond donors (Lipinski definition) is 1. The van der Waals surface area contributed by atoms with Crippen molar-refractivity contribution in [2.45, 2.75) is 52.4 Å². The molecule has 0 amide bonds. The maximum Gasteiger partial charge on any atom is 0.132 e. The number of hydrogen-bond acceptors (Lipinski definition) is 3. The zero-order valence-corrected chi connectivity index (χ0v) is 11.0. The zero-order valence-electron chi connectivity index (χ0n) is 11.0. The molecule has 0 fully saturated rings. The standard InChI is InChI=1S/C14H23N3/c1-3-11(2)9-15-14-12-7-5-4-6-8-13(12)16-10-17-14/h10-11H,3-9H2,1-2H3,(H,15,16,17). The summed E-state index contributed by atoms with van der Waals surface area (Å²) in [5.74, 6) is 1.78. The number of fused-ring (bicyclic) bond motifs is 1. The summed E-state index contributed by atoms with van der Waals surface area (Å²) in [4.78, 5) is 8.85. The van der Waals surface area contributed by atoms with Gasteiger partial charge in [0.15, 0.2) is 0 Å². The van der Waals surface area contributed by atoms with Gasteiger partial charge >= 0.3 is 0 Å².